The lowest BCUT2D eigenvalue weighted by Crippen LogP contribution is -1.94. The van der Waals surface area contributed by atoms with E-state index in [1.54, 1.807) is 0 Å². The van der Waals surface area contributed by atoms with Gasteiger partial charge in [-0.2, -0.15) is 0 Å². The van der Waals surface area contributed by atoms with Gasteiger partial charge >= 0.3 is 0 Å². The lowest BCUT2D eigenvalue weighted by Gasteiger charge is -1.97. The first kappa shape index (κ1) is 9.02. The fourth-order valence-electron chi connectivity index (χ4n) is 1.13. The second-order valence-electron chi connectivity index (χ2n) is 2.90. The van der Waals surface area contributed by atoms with E-state index in [4.69, 9.17) is 17.3 Å². The highest BCUT2D eigenvalue weighted by Gasteiger charge is 2.06. The Hall–Kier alpha value is -1.55. The van der Waals surface area contributed by atoms with E-state index in [1.807, 2.05) is 24.3 Å². The van der Waals surface area contributed by atoms with Crippen LogP contribution < -0.4 is 5.73 Å². The summed E-state index contributed by atoms with van der Waals surface area (Å²) in [5, 5.41) is 7.89. The van der Waals surface area contributed by atoms with Crippen LogP contribution in [0.1, 0.15) is 11.3 Å². The number of rotatable bonds is 2. The lowest BCUT2D eigenvalue weighted by atomic mass is 10.1. The van der Waals surface area contributed by atoms with Crippen molar-refractivity contribution in [1.82, 2.24) is 10.3 Å². The number of benzene rings is 1. The van der Waals surface area contributed by atoms with Crippen LogP contribution in [-0.2, 0) is 6.42 Å². The van der Waals surface area contributed by atoms with Gasteiger partial charge in [-0.3, -0.25) is 0 Å². The van der Waals surface area contributed by atoms with E-state index < -0.39 is 0 Å². The third kappa shape index (κ3) is 1.85. The molecule has 0 spiro atoms. The molecule has 2 N–H and O–H groups in total. The third-order valence-electron chi connectivity index (χ3n) is 1.87. The molecule has 0 atom stereocenters. The van der Waals surface area contributed by atoms with Gasteiger partial charge in [0.2, 0.25) is 0 Å². The van der Waals surface area contributed by atoms with Gasteiger partial charge in [-0.25, -0.2) is 4.63 Å². The Morgan fingerprint density at radius 1 is 1.21 bits per heavy atom. The molecule has 1 aromatic carbocycles. The average Bonchev–Trinajstić information content (AvgIpc) is 2.56. The molecule has 0 aliphatic rings. The van der Waals surface area contributed by atoms with Crippen molar-refractivity contribution in [2.45, 2.75) is 6.42 Å². The molecule has 0 unspecified atom stereocenters. The molecule has 72 valence electrons. The van der Waals surface area contributed by atoms with Crippen LogP contribution in [0.15, 0.2) is 28.9 Å². The summed E-state index contributed by atoms with van der Waals surface area (Å²) in [6.45, 7) is 0. The topological polar surface area (TPSA) is 64.9 Å². The Labute approximate surface area is 85.6 Å². The SMILES string of the molecule is Nc1nonc1Cc1ccc(Cl)cc1. The zero-order valence-electron chi connectivity index (χ0n) is 7.27. The number of hydrogen-bond donors (Lipinski definition) is 1. The first-order chi connectivity index (χ1) is 6.75. The number of nitrogen functional groups attached to an aromatic ring is 1. The van der Waals surface area contributed by atoms with E-state index in [-0.39, 0.29) is 0 Å². The molecule has 0 bridgehead atoms. The maximum Gasteiger partial charge on any atom is 0.191 e. The molecule has 0 aliphatic carbocycles. The first-order valence-electron chi connectivity index (χ1n) is 4.07. The van der Waals surface area contributed by atoms with E-state index in [1.165, 1.54) is 0 Å². The molecule has 1 aromatic heterocycles. The maximum absolute atomic E-state index is 5.75. The number of hydrogen-bond acceptors (Lipinski definition) is 4. The Kier molecular flexibility index (Phi) is 2.37. The number of anilines is 1. The molecule has 0 radical (unpaired) electrons. The molecule has 1 heterocycles. The Bertz CT molecular complexity index is 424. The Morgan fingerprint density at radius 3 is 2.50 bits per heavy atom. The van der Waals surface area contributed by atoms with Gasteiger partial charge in [-0.1, -0.05) is 28.9 Å². The van der Waals surface area contributed by atoms with Crippen molar-refractivity contribution >= 4 is 17.4 Å². The standard InChI is InChI=1S/C9H8ClN3O/c10-7-3-1-6(2-4-7)5-8-9(11)13-14-12-8/h1-4H,5H2,(H2,11,13). The van der Waals surface area contributed by atoms with E-state index in [9.17, 15) is 0 Å². The van der Waals surface area contributed by atoms with Gasteiger partial charge in [0.1, 0.15) is 5.69 Å². The summed E-state index contributed by atoms with van der Waals surface area (Å²) in [5.74, 6) is 0.333. The largest absolute Gasteiger partial charge is 0.379 e. The monoisotopic (exact) mass is 209 g/mol. The Morgan fingerprint density at radius 2 is 1.93 bits per heavy atom. The van der Waals surface area contributed by atoms with E-state index in [2.05, 4.69) is 14.9 Å². The van der Waals surface area contributed by atoms with Crippen molar-refractivity contribution in [2.24, 2.45) is 0 Å². The smallest absolute Gasteiger partial charge is 0.191 e. The van der Waals surface area contributed by atoms with Crippen molar-refractivity contribution in [1.29, 1.82) is 0 Å². The summed E-state index contributed by atoms with van der Waals surface area (Å²) >= 11 is 5.75. The molecule has 2 rings (SSSR count). The van der Waals surface area contributed by atoms with Gasteiger partial charge in [-0.15, -0.1) is 0 Å². The minimum Gasteiger partial charge on any atom is -0.379 e. The first-order valence-corrected chi connectivity index (χ1v) is 4.45. The minimum atomic E-state index is 0.333. The predicted octanol–water partition coefficient (Wildman–Crippen LogP) is 1.90. The molecule has 5 heteroatoms. The highest BCUT2D eigenvalue weighted by Crippen LogP contribution is 2.14. The van der Waals surface area contributed by atoms with Crippen LogP contribution in [-0.4, -0.2) is 10.3 Å². The molecular formula is C9H8ClN3O. The van der Waals surface area contributed by atoms with Gasteiger partial charge in [0.05, 0.1) is 0 Å². The van der Waals surface area contributed by atoms with Gasteiger partial charge in [0, 0.05) is 11.4 Å². The van der Waals surface area contributed by atoms with Crippen LogP contribution in [0.5, 0.6) is 0 Å². The van der Waals surface area contributed by atoms with Crippen LogP contribution in [0, 0.1) is 0 Å². The van der Waals surface area contributed by atoms with E-state index >= 15 is 0 Å². The number of nitrogens with two attached hydrogens (primary N) is 1. The molecule has 0 aliphatic heterocycles. The molecule has 0 saturated heterocycles. The van der Waals surface area contributed by atoms with E-state index in [0.717, 1.165) is 5.56 Å². The van der Waals surface area contributed by atoms with Crippen molar-refractivity contribution < 1.29 is 4.63 Å². The summed E-state index contributed by atoms with van der Waals surface area (Å²) in [5.41, 5.74) is 7.24. The Balaban J connectivity index is 2.19. The van der Waals surface area contributed by atoms with Crippen molar-refractivity contribution in [3.63, 3.8) is 0 Å². The predicted molar refractivity (Wildman–Crippen MR) is 53.0 cm³/mol. The quantitative estimate of drug-likeness (QED) is 0.821. The molecule has 0 saturated carbocycles. The molecule has 4 nitrogen and oxygen atoms in total. The summed E-state index contributed by atoms with van der Waals surface area (Å²) in [6, 6.07) is 7.47. The van der Waals surface area contributed by atoms with Crippen molar-refractivity contribution in [3.05, 3.63) is 40.5 Å². The molecule has 2 aromatic rings. The number of aromatic nitrogens is 2. The summed E-state index contributed by atoms with van der Waals surface area (Å²) in [6.07, 6.45) is 0.604. The van der Waals surface area contributed by atoms with Crippen molar-refractivity contribution in [3.8, 4) is 0 Å². The van der Waals surface area contributed by atoms with Crippen LogP contribution in [0.2, 0.25) is 5.02 Å². The normalized spacial score (nSPS) is 10.4. The van der Waals surface area contributed by atoms with Crippen molar-refractivity contribution in [2.75, 3.05) is 5.73 Å². The fourth-order valence-corrected chi connectivity index (χ4v) is 1.26. The highest BCUT2D eigenvalue weighted by atomic mass is 35.5. The number of halogens is 1. The molecular weight excluding hydrogens is 202 g/mol. The minimum absolute atomic E-state index is 0.333. The third-order valence-corrected chi connectivity index (χ3v) is 2.12. The summed E-state index contributed by atoms with van der Waals surface area (Å²) in [7, 11) is 0. The second-order valence-corrected chi connectivity index (χ2v) is 3.34. The average molecular weight is 210 g/mol. The van der Waals surface area contributed by atoms with Gasteiger partial charge in [0.15, 0.2) is 5.82 Å². The zero-order valence-corrected chi connectivity index (χ0v) is 8.03. The highest BCUT2D eigenvalue weighted by molar-refractivity contribution is 6.30. The second kappa shape index (κ2) is 3.67. The molecule has 0 amide bonds. The number of nitrogens with zero attached hydrogens (tertiary/aromatic N) is 2. The summed E-state index contributed by atoms with van der Waals surface area (Å²) < 4.78 is 4.49. The lowest BCUT2D eigenvalue weighted by molar-refractivity contribution is 0.305. The van der Waals surface area contributed by atoms with Crippen LogP contribution in [0.25, 0.3) is 0 Å². The molecule has 0 fully saturated rings. The van der Waals surface area contributed by atoms with Crippen LogP contribution in [0.3, 0.4) is 0 Å². The maximum atomic E-state index is 5.75. The van der Waals surface area contributed by atoms with Gasteiger partial charge in [-0.05, 0) is 22.9 Å². The van der Waals surface area contributed by atoms with E-state index in [0.29, 0.717) is 23.0 Å². The fraction of sp³-hybridized carbons (Fsp3) is 0.111. The zero-order chi connectivity index (χ0) is 9.97. The van der Waals surface area contributed by atoms with Gasteiger partial charge < -0.3 is 5.73 Å². The van der Waals surface area contributed by atoms with Crippen LogP contribution >= 0.6 is 11.6 Å². The summed E-state index contributed by atoms with van der Waals surface area (Å²) in [4.78, 5) is 0. The van der Waals surface area contributed by atoms with Gasteiger partial charge in [0.25, 0.3) is 0 Å². The van der Waals surface area contributed by atoms with Crippen LogP contribution in [0.4, 0.5) is 5.82 Å². The molecule has 14 heavy (non-hydrogen) atoms.